The van der Waals surface area contributed by atoms with Crippen LogP contribution in [0.4, 0.5) is 5.69 Å². The number of nitrogens with one attached hydrogen (secondary N) is 1. The Labute approximate surface area is 148 Å². The third-order valence-corrected chi connectivity index (χ3v) is 5.18. The van der Waals surface area contributed by atoms with E-state index in [-0.39, 0.29) is 30.4 Å². The molecule has 2 atom stereocenters. The minimum Gasteiger partial charge on any atom is -0.396 e. The summed E-state index contributed by atoms with van der Waals surface area (Å²) < 4.78 is 0. The van der Waals surface area contributed by atoms with Gasteiger partial charge in [-0.05, 0) is 43.0 Å². The number of hydrogen-bond acceptors (Lipinski definition) is 3. The molecule has 134 valence electrons. The highest BCUT2D eigenvalue weighted by Gasteiger charge is 2.25. The normalized spacial score (nSPS) is 24.0. The Balaban J connectivity index is 1.56. The van der Waals surface area contributed by atoms with Crippen LogP contribution in [-0.2, 0) is 9.59 Å². The SMILES string of the molecule is O=C(/C=C/c1ccc(N2CCCC2=O)cc1)NC1CCCCC1CO. The van der Waals surface area contributed by atoms with Crippen molar-refractivity contribution in [2.24, 2.45) is 5.92 Å². The van der Waals surface area contributed by atoms with Crippen LogP contribution in [0.5, 0.6) is 0 Å². The smallest absolute Gasteiger partial charge is 0.244 e. The van der Waals surface area contributed by atoms with E-state index in [4.69, 9.17) is 0 Å². The van der Waals surface area contributed by atoms with Crippen LogP contribution in [0.15, 0.2) is 30.3 Å². The molecule has 5 nitrogen and oxygen atoms in total. The number of nitrogens with zero attached hydrogens (tertiary/aromatic N) is 1. The number of anilines is 1. The van der Waals surface area contributed by atoms with Crippen molar-refractivity contribution < 1.29 is 14.7 Å². The topological polar surface area (TPSA) is 69.6 Å². The van der Waals surface area contributed by atoms with Gasteiger partial charge in [-0.3, -0.25) is 9.59 Å². The molecule has 1 aliphatic heterocycles. The molecule has 25 heavy (non-hydrogen) atoms. The first-order chi connectivity index (χ1) is 12.2. The predicted octanol–water partition coefficient (Wildman–Crippen LogP) is 2.49. The van der Waals surface area contributed by atoms with Crippen molar-refractivity contribution in [2.75, 3.05) is 18.1 Å². The highest BCUT2D eigenvalue weighted by atomic mass is 16.3. The number of benzene rings is 1. The van der Waals surface area contributed by atoms with Crippen LogP contribution >= 0.6 is 0 Å². The van der Waals surface area contributed by atoms with Crippen molar-refractivity contribution in [1.29, 1.82) is 0 Å². The lowest BCUT2D eigenvalue weighted by Gasteiger charge is -2.30. The Kier molecular flexibility index (Phi) is 5.87. The van der Waals surface area contributed by atoms with Crippen LogP contribution in [0.3, 0.4) is 0 Å². The fraction of sp³-hybridized carbons (Fsp3) is 0.500. The lowest BCUT2D eigenvalue weighted by molar-refractivity contribution is -0.118. The highest BCUT2D eigenvalue weighted by Crippen LogP contribution is 2.24. The molecule has 2 N–H and O–H groups in total. The molecule has 2 amide bonds. The monoisotopic (exact) mass is 342 g/mol. The third kappa shape index (κ3) is 4.48. The van der Waals surface area contributed by atoms with Crippen LogP contribution in [0.1, 0.15) is 44.1 Å². The molecule has 2 fully saturated rings. The molecule has 1 aliphatic carbocycles. The molecule has 1 aromatic carbocycles. The molecule has 0 radical (unpaired) electrons. The van der Waals surface area contributed by atoms with Gasteiger partial charge in [-0.2, -0.15) is 0 Å². The Bertz CT molecular complexity index is 639. The minimum absolute atomic E-state index is 0.0689. The Morgan fingerprint density at radius 3 is 2.64 bits per heavy atom. The van der Waals surface area contributed by atoms with E-state index in [0.29, 0.717) is 6.42 Å². The second kappa shape index (κ2) is 8.30. The summed E-state index contributed by atoms with van der Waals surface area (Å²) in [6.07, 6.45) is 8.99. The standard InChI is InChI=1S/C20H26N2O3/c23-14-16-4-1-2-5-18(16)21-19(24)12-9-15-7-10-17(11-8-15)22-13-3-6-20(22)25/h7-12,16,18,23H,1-6,13-14H2,(H,21,24)/b12-9+. The first-order valence-corrected chi connectivity index (χ1v) is 9.17. The Morgan fingerprint density at radius 1 is 1.20 bits per heavy atom. The number of aliphatic hydroxyl groups is 1. The zero-order chi connectivity index (χ0) is 17.6. The van der Waals surface area contributed by atoms with E-state index in [1.54, 1.807) is 17.1 Å². The number of hydrogen-bond donors (Lipinski definition) is 2. The van der Waals surface area contributed by atoms with E-state index in [2.05, 4.69) is 5.32 Å². The summed E-state index contributed by atoms with van der Waals surface area (Å²) >= 11 is 0. The molecular weight excluding hydrogens is 316 g/mol. The van der Waals surface area contributed by atoms with E-state index in [9.17, 15) is 14.7 Å². The summed E-state index contributed by atoms with van der Waals surface area (Å²) in [4.78, 5) is 25.7. The maximum atomic E-state index is 12.1. The lowest BCUT2D eigenvalue weighted by Crippen LogP contribution is -2.42. The number of amides is 2. The maximum Gasteiger partial charge on any atom is 0.244 e. The van der Waals surface area contributed by atoms with Crippen LogP contribution < -0.4 is 10.2 Å². The summed E-state index contributed by atoms with van der Waals surface area (Å²) in [6, 6.07) is 7.75. The summed E-state index contributed by atoms with van der Waals surface area (Å²) in [6.45, 7) is 0.912. The molecule has 0 bridgehead atoms. The molecule has 2 unspecified atom stereocenters. The number of carbonyl (C=O) groups excluding carboxylic acids is 2. The van der Waals surface area contributed by atoms with Gasteiger partial charge in [-0.25, -0.2) is 0 Å². The third-order valence-electron chi connectivity index (χ3n) is 5.18. The van der Waals surface area contributed by atoms with E-state index >= 15 is 0 Å². The number of aliphatic hydroxyl groups excluding tert-OH is 1. The van der Waals surface area contributed by atoms with Crippen LogP contribution in [-0.4, -0.2) is 36.1 Å². The molecule has 1 aromatic rings. The summed E-state index contributed by atoms with van der Waals surface area (Å²) in [5.74, 6) is 0.223. The van der Waals surface area contributed by atoms with Gasteiger partial charge in [0.25, 0.3) is 0 Å². The number of rotatable bonds is 5. The van der Waals surface area contributed by atoms with Gasteiger partial charge in [0.1, 0.15) is 0 Å². The fourth-order valence-corrected chi connectivity index (χ4v) is 3.71. The van der Waals surface area contributed by atoms with Crippen LogP contribution in [0.25, 0.3) is 6.08 Å². The van der Waals surface area contributed by atoms with Gasteiger partial charge in [0.15, 0.2) is 0 Å². The van der Waals surface area contributed by atoms with Crippen LogP contribution in [0.2, 0.25) is 0 Å². The molecule has 2 aliphatic rings. The van der Waals surface area contributed by atoms with Crippen molar-refractivity contribution in [3.05, 3.63) is 35.9 Å². The van der Waals surface area contributed by atoms with Gasteiger partial charge >= 0.3 is 0 Å². The highest BCUT2D eigenvalue weighted by molar-refractivity contribution is 5.95. The van der Waals surface area contributed by atoms with Crippen molar-refractivity contribution in [3.8, 4) is 0 Å². The van der Waals surface area contributed by atoms with Gasteiger partial charge < -0.3 is 15.3 Å². The lowest BCUT2D eigenvalue weighted by atomic mass is 9.85. The maximum absolute atomic E-state index is 12.1. The second-order valence-electron chi connectivity index (χ2n) is 6.92. The summed E-state index contributed by atoms with van der Waals surface area (Å²) in [7, 11) is 0. The first kappa shape index (κ1) is 17.7. The zero-order valence-corrected chi connectivity index (χ0v) is 14.5. The van der Waals surface area contributed by atoms with Crippen molar-refractivity contribution in [2.45, 2.75) is 44.6 Å². The average Bonchev–Trinajstić information content (AvgIpc) is 3.07. The summed E-state index contributed by atoms with van der Waals surface area (Å²) in [5.41, 5.74) is 1.84. The average molecular weight is 342 g/mol. The van der Waals surface area contributed by atoms with Crippen LogP contribution in [0, 0.1) is 5.92 Å². The van der Waals surface area contributed by atoms with E-state index in [1.807, 2.05) is 24.3 Å². The van der Waals surface area contributed by atoms with Gasteiger partial charge in [0.05, 0.1) is 0 Å². The minimum atomic E-state index is -0.121. The molecule has 5 heteroatoms. The first-order valence-electron chi connectivity index (χ1n) is 9.17. The second-order valence-corrected chi connectivity index (χ2v) is 6.92. The van der Waals surface area contributed by atoms with E-state index in [0.717, 1.165) is 49.9 Å². The molecule has 1 heterocycles. The Hall–Kier alpha value is -2.14. The molecule has 3 rings (SSSR count). The molecule has 1 saturated heterocycles. The van der Waals surface area contributed by atoms with Crippen molar-refractivity contribution in [1.82, 2.24) is 5.32 Å². The van der Waals surface area contributed by atoms with Crippen molar-refractivity contribution in [3.63, 3.8) is 0 Å². The fourth-order valence-electron chi connectivity index (χ4n) is 3.71. The van der Waals surface area contributed by atoms with Gasteiger partial charge in [-0.15, -0.1) is 0 Å². The number of carbonyl (C=O) groups is 2. The zero-order valence-electron chi connectivity index (χ0n) is 14.5. The molecule has 0 spiro atoms. The predicted molar refractivity (Wildman–Crippen MR) is 98.0 cm³/mol. The van der Waals surface area contributed by atoms with E-state index < -0.39 is 0 Å². The van der Waals surface area contributed by atoms with Crippen molar-refractivity contribution >= 4 is 23.6 Å². The Morgan fingerprint density at radius 2 is 1.96 bits per heavy atom. The quantitative estimate of drug-likeness (QED) is 0.808. The van der Waals surface area contributed by atoms with Gasteiger partial charge in [-0.1, -0.05) is 25.0 Å². The molecule has 0 aromatic heterocycles. The summed E-state index contributed by atoms with van der Waals surface area (Å²) in [5, 5.41) is 12.4. The largest absolute Gasteiger partial charge is 0.396 e. The van der Waals surface area contributed by atoms with E-state index in [1.165, 1.54) is 0 Å². The van der Waals surface area contributed by atoms with Gasteiger partial charge in [0.2, 0.25) is 11.8 Å². The molecule has 1 saturated carbocycles. The van der Waals surface area contributed by atoms with Gasteiger partial charge in [0, 0.05) is 43.3 Å². The molecular formula is C20H26N2O3.